The summed E-state index contributed by atoms with van der Waals surface area (Å²) >= 11 is 7.39. The van der Waals surface area contributed by atoms with E-state index in [2.05, 4.69) is 10.1 Å². The Hall–Kier alpha value is -2.80. The van der Waals surface area contributed by atoms with E-state index < -0.39 is 16.0 Å². The molecule has 0 spiro atoms. The molecule has 0 atom stereocenters. The number of likely N-dealkylation sites (tertiary alicyclic amines) is 1. The number of benzene rings is 1. The van der Waals surface area contributed by atoms with Crippen LogP contribution in [0.15, 0.2) is 39.1 Å². The zero-order valence-corrected chi connectivity index (χ0v) is 20.5. The van der Waals surface area contributed by atoms with Crippen LogP contribution in [0.5, 0.6) is 0 Å². The third kappa shape index (κ3) is 5.14. The van der Waals surface area contributed by atoms with Gasteiger partial charge >= 0.3 is 5.97 Å². The van der Waals surface area contributed by atoms with Crippen molar-refractivity contribution in [2.24, 2.45) is 5.14 Å². The molecule has 1 fully saturated rings. The molecule has 0 unspecified atom stereocenters. The number of halogens is 1. The van der Waals surface area contributed by atoms with Gasteiger partial charge in [-0.1, -0.05) is 16.8 Å². The van der Waals surface area contributed by atoms with Crippen molar-refractivity contribution in [1.82, 2.24) is 15.0 Å². The number of thiazole rings is 1. The number of primary sulfonamides is 1. The van der Waals surface area contributed by atoms with Crippen molar-refractivity contribution < 1.29 is 27.3 Å². The molecule has 2 aromatic heterocycles. The topological polar surface area (TPSA) is 146 Å². The van der Waals surface area contributed by atoms with Gasteiger partial charge in [-0.15, -0.1) is 11.3 Å². The zero-order chi connectivity index (χ0) is 24.5. The Balaban J connectivity index is 1.41. The van der Waals surface area contributed by atoms with Gasteiger partial charge in [-0.05, 0) is 38.0 Å². The van der Waals surface area contributed by atoms with E-state index in [1.165, 1.54) is 35.6 Å². The van der Waals surface area contributed by atoms with Crippen molar-refractivity contribution >= 4 is 44.8 Å². The maximum atomic E-state index is 12.9. The van der Waals surface area contributed by atoms with Gasteiger partial charge in [0.25, 0.3) is 5.91 Å². The van der Waals surface area contributed by atoms with Gasteiger partial charge in [0, 0.05) is 36.0 Å². The molecule has 180 valence electrons. The van der Waals surface area contributed by atoms with Crippen LogP contribution in [0.3, 0.4) is 0 Å². The normalized spacial score (nSPS) is 14.9. The Morgan fingerprint density at radius 2 is 2.03 bits per heavy atom. The van der Waals surface area contributed by atoms with E-state index >= 15 is 0 Å². The summed E-state index contributed by atoms with van der Waals surface area (Å²) in [5, 5.41) is 11.6. The summed E-state index contributed by atoms with van der Waals surface area (Å²) in [6.45, 7) is 2.93. The number of rotatable bonds is 6. The molecule has 1 amide bonds. The van der Waals surface area contributed by atoms with E-state index in [1.54, 1.807) is 11.8 Å². The SMILES string of the molecule is CCOC(=O)c1cc(-c2csc(C3CCN(C(=O)c4ccc(Cl)c(S(N)(=O)=O)c4)CC3)n2)on1. The van der Waals surface area contributed by atoms with Crippen molar-refractivity contribution in [2.45, 2.75) is 30.6 Å². The molecular weight excluding hydrogens is 504 g/mol. The summed E-state index contributed by atoms with van der Waals surface area (Å²) in [6.07, 6.45) is 1.39. The highest BCUT2D eigenvalue weighted by Gasteiger charge is 2.28. The van der Waals surface area contributed by atoms with E-state index in [9.17, 15) is 18.0 Å². The number of carbonyl (C=O) groups is 2. The van der Waals surface area contributed by atoms with E-state index in [0.29, 0.717) is 37.4 Å². The van der Waals surface area contributed by atoms with Crippen LogP contribution in [-0.4, -0.2) is 55.0 Å². The van der Waals surface area contributed by atoms with Gasteiger partial charge in [-0.2, -0.15) is 0 Å². The molecule has 0 bridgehead atoms. The molecule has 13 heteroatoms. The molecule has 2 N–H and O–H groups in total. The fourth-order valence-electron chi connectivity index (χ4n) is 3.65. The predicted octanol–water partition coefficient (Wildman–Crippen LogP) is 3.30. The number of amides is 1. The van der Waals surface area contributed by atoms with Crippen LogP contribution in [0.25, 0.3) is 11.5 Å². The number of carbonyl (C=O) groups excluding carboxylic acids is 2. The second-order valence-corrected chi connectivity index (χ2v) is 10.5. The van der Waals surface area contributed by atoms with Crippen LogP contribution >= 0.6 is 22.9 Å². The van der Waals surface area contributed by atoms with Crippen molar-refractivity contribution in [3.05, 3.63) is 50.9 Å². The van der Waals surface area contributed by atoms with Crippen LogP contribution < -0.4 is 5.14 Å². The van der Waals surface area contributed by atoms with Gasteiger partial charge < -0.3 is 14.2 Å². The minimum atomic E-state index is -4.04. The first-order chi connectivity index (χ1) is 16.2. The Bertz CT molecular complexity index is 1330. The van der Waals surface area contributed by atoms with Gasteiger partial charge in [0.1, 0.15) is 10.6 Å². The second kappa shape index (κ2) is 9.82. The highest BCUT2D eigenvalue weighted by molar-refractivity contribution is 7.89. The fraction of sp³-hybridized carbons (Fsp3) is 0.333. The van der Waals surface area contributed by atoms with Crippen molar-refractivity contribution in [3.63, 3.8) is 0 Å². The first-order valence-electron chi connectivity index (χ1n) is 10.4. The molecule has 10 nitrogen and oxygen atoms in total. The smallest absolute Gasteiger partial charge is 0.360 e. The zero-order valence-electron chi connectivity index (χ0n) is 18.1. The van der Waals surface area contributed by atoms with Crippen molar-refractivity contribution in [3.8, 4) is 11.5 Å². The third-order valence-electron chi connectivity index (χ3n) is 5.39. The highest BCUT2D eigenvalue weighted by atomic mass is 35.5. The Labute approximate surface area is 204 Å². The van der Waals surface area contributed by atoms with Gasteiger partial charge in [-0.25, -0.2) is 23.3 Å². The lowest BCUT2D eigenvalue weighted by Gasteiger charge is -2.31. The molecule has 3 heterocycles. The average molecular weight is 525 g/mol. The molecule has 0 saturated carbocycles. The van der Waals surface area contributed by atoms with E-state index in [-0.39, 0.29) is 39.6 Å². The molecule has 3 aromatic rings. The van der Waals surface area contributed by atoms with Crippen LogP contribution in [0, 0.1) is 0 Å². The van der Waals surface area contributed by atoms with Crippen molar-refractivity contribution in [1.29, 1.82) is 0 Å². The first-order valence-corrected chi connectivity index (χ1v) is 13.2. The fourth-order valence-corrected chi connectivity index (χ4v) is 5.70. The number of aromatic nitrogens is 2. The summed E-state index contributed by atoms with van der Waals surface area (Å²) in [7, 11) is -4.04. The number of sulfonamides is 1. The lowest BCUT2D eigenvalue weighted by molar-refractivity contribution is 0.0514. The maximum Gasteiger partial charge on any atom is 0.360 e. The van der Waals surface area contributed by atoms with E-state index in [1.807, 2.05) is 5.38 Å². The van der Waals surface area contributed by atoms with E-state index in [4.69, 9.17) is 26.0 Å². The second-order valence-electron chi connectivity index (χ2n) is 7.62. The molecule has 1 saturated heterocycles. The number of piperidine rings is 1. The number of ether oxygens (including phenoxy) is 1. The summed E-state index contributed by atoms with van der Waals surface area (Å²) < 4.78 is 33.6. The molecule has 1 aliphatic rings. The number of hydrogen-bond donors (Lipinski definition) is 1. The Morgan fingerprint density at radius 1 is 1.29 bits per heavy atom. The lowest BCUT2D eigenvalue weighted by Crippen LogP contribution is -2.38. The molecule has 0 radical (unpaired) electrons. The van der Waals surface area contributed by atoms with Gasteiger partial charge in [0.2, 0.25) is 10.0 Å². The number of nitrogens with zero attached hydrogens (tertiary/aromatic N) is 3. The van der Waals surface area contributed by atoms with Crippen LogP contribution in [-0.2, 0) is 14.8 Å². The quantitative estimate of drug-likeness (QED) is 0.483. The third-order valence-corrected chi connectivity index (χ3v) is 7.78. The molecular formula is C21H21ClN4O6S2. The number of esters is 1. The van der Waals surface area contributed by atoms with E-state index in [0.717, 1.165) is 5.01 Å². The first kappa shape index (κ1) is 24.3. The van der Waals surface area contributed by atoms with Crippen LogP contribution in [0.1, 0.15) is 51.5 Å². The van der Waals surface area contributed by atoms with Crippen LogP contribution in [0.4, 0.5) is 0 Å². The summed E-state index contributed by atoms with van der Waals surface area (Å²) in [5.74, 6) is -0.304. The van der Waals surface area contributed by atoms with Crippen molar-refractivity contribution in [2.75, 3.05) is 19.7 Å². The standard InChI is InChI=1S/C21H21ClN4O6S2/c1-2-31-21(28)15-10-17(32-25-15)16-11-33-19(24-16)12-5-7-26(8-6-12)20(27)13-3-4-14(22)18(9-13)34(23,29)30/h3-4,9-12H,2,5-8H2,1H3,(H2,23,29,30). The molecule has 1 aliphatic heterocycles. The van der Waals surface area contributed by atoms with Gasteiger partial charge in [0.15, 0.2) is 11.5 Å². The minimum absolute atomic E-state index is 0.0292. The Morgan fingerprint density at radius 3 is 2.71 bits per heavy atom. The van der Waals surface area contributed by atoms with Crippen LogP contribution in [0.2, 0.25) is 5.02 Å². The molecule has 4 rings (SSSR count). The summed E-state index contributed by atoms with van der Waals surface area (Å²) in [6, 6.07) is 5.55. The monoisotopic (exact) mass is 524 g/mol. The number of hydrogen-bond acceptors (Lipinski definition) is 9. The largest absolute Gasteiger partial charge is 0.461 e. The maximum absolute atomic E-state index is 12.9. The summed E-state index contributed by atoms with van der Waals surface area (Å²) in [4.78, 5) is 30.7. The molecule has 0 aliphatic carbocycles. The molecule has 1 aromatic carbocycles. The van der Waals surface area contributed by atoms with Gasteiger partial charge in [0.05, 0.1) is 16.6 Å². The Kier molecular flexibility index (Phi) is 7.03. The van der Waals surface area contributed by atoms with Gasteiger partial charge in [-0.3, -0.25) is 4.79 Å². The lowest BCUT2D eigenvalue weighted by atomic mass is 9.97. The highest BCUT2D eigenvalue weighted by Crippen LogP contribution is 2.34. The molecule has 34 heavy (non-hydrogen) atoms. The minimum Gasteiger partial charge on any atom is -0.461 e. The average Bonchev–Trinajstić information content (AvgIpc) is 3.48. The predicted molar refractivity (Wildman–Crippen MR) is 124 cm³/mol. The summed E-state index contributed by atoms with van der Waals surface area (Å²) in [5.41, 5.74) is 0.885. The number of nitrogens with two attached hydrogens (primary N) is 1.